The summed E-state index contributed by atoms with van der Waals surface area (Å²) in [5.74, 6) is -0.197. The number of primary amides is 1. The predicted octanol–water partition coefficient (Wildman–Crippen LogP) is 1.67. The normalized spacial score (nSPS) is 16.5. The van der Waals surface area contributed by atoms with Gasteiger partial charge in [0.15, 0.2) is 0 Å². The summed E-state index contributed by atoms with van der Waals surface area (Å²) < 4.78 is 0. The molecule has 0 aliphatic carbocycles. The van der Waals surface area contributed by atoms with E-state index in [0.29, 0.717) is 40.7 Å². The van der Waals surface area contributed by atoms with E-state index in [4.69, 9.17) is 28.8 Å². The molecule has 0 bridgehead atoms. The third-order valence-corrected chi connectivity index (χ3v) is 5.56. The van der Waals surface area contributed by atoms with Gasteiger partial charge in [0.2, 0.25) is 5.95 Å². The van der Waals surface area contributed by atoms with Crippen molar-refractivity contribution in [2.45, 2.75) is 25.3 Å². The Morgan fingerprint density at radius 3 is 2.68 bits per heavy atom. The molecule has 1 aliphatic rings. The van der Waals surface area contributed by atoms with Crippen LogP contribution in [0.1, 0.15) is 30.3 Å². The number of H-pyrrole nitrogens is 1. The minimum Gasteiger partial charge on any atom is -0.383 e. The number of fused-ring (bicyclic) bond motifs is 1. The van der Waals surface area contributed by atoms with Gasteiger partial charge in [0.25, 0.3) is 5.91 Å². The molecule has 1 saturated heterocycles. The molecule has 1 aliphatic heterocycles. The van der Waals surface area contributed by atoms with Crippen molar-refractivity contribution >= 4 is 40.2 Å². The Morgan fingerprint density at radius 1 is 1.29 bits per heavy atom. The summed E-state index contributed by atoms with van der Waals surface area (Å²) in [6.07, 6.45) is 3.23. The summed E-state index contributed by atoms with van der Waals surface area (Å²) in [7, 11) is 0. The predicted molar refractivity (Wildman–Crippen MR) is 109 cm³/mol. The summed E-state index contributed by atoms with van der Waals surface area (Å²) in [5.41, 5.74) is 19.3. The zero-order valence-corrected chi connectivity index (χ0v) is 16.1. The molecule has 2 aromatic heterocycles. The fourth-order valence-corrected chi connectivity index (χ4v) is 3.75. The van der Waals surface area contributed by atoms with E-state index < -0.39 is 5.91 Å². The lowest BCUT2D eigenvalue weighted by Gasteiger charge is -2.36. The molecular formula is C18H21ClN8O. The van der Waals surface area contributed by atoms with Crippen LogP contribution in [0.2, 0.25) is 5.02 Å². The van der Waals surface area contributed by atoms with Crippen LogP contribution in [-0.2, 0) is 0 Å². The minimum atomic E-state index is -0.702. The number of aromatic amines is 1. The molecule has 0 atom stereocenters. The number of nitrogens with two attached hydrogens (primary N) is 3. The highest BCUT2D eigenvalue weighted by Gasteiger charge is 2.29. The average molecular weight is 401 g/mol. The third-order valence-electron chi connectivity index (χ3n) is 5.17. The highest BCUT2D eigenvalue weighted by molar-refractivity contribution is 6.38. The molecule has 146 valence electrons. The van der Waals surface area contributed by atoms with Crippen LogP contribution in [0.4, 0.5) is 11.8 Å². The van der Waals surface area contributed by atoms with Gasteiger partial charge in [-0.1, -0.05) is 23.7 Å². The molecule has 3 aromatic rings. The van der Waals surface area contributed by atoms with Gasteiger partial charge in [-0.25, -0.2) is 4.98 Å². The highest BCUT2D eigenvalue weighted by Crippen LogP contribution is 2.38. The topological polar surface area (TPSA) is 153 Å². The van der Waals surface area contributed by atoms with E-state index in [1.165, 1.54) is 0 Å². The number of nitrogens with one attached hydrogen (secondary N) is 1. The van der Waals surface area contributed by atoms with Gasteiger partial charge in [0.05, 0.1) is 22.3 Å². The standard InChI is InChI=1S/C18H21ClN8O/c1-18(22)4-6-27(7-5-18)17-24-14(16(21)28)11(15(20)25-17)10-3-2-9-8-23-26-13(9)12(10)19/h2-3,8H,4-7,22H2,1H3,(H2,21,28)(H,23,26)(H2,20,24,25). The van der Waals surface area contributed by atoms with Crippen molar-refractivity contribution in [3.63, 3.8) is 0 Å². The summed E-state index contributed by atoms with van der Waals surface area (Å²) in [4.78, 5) is 23.0. The third kappa shape index (κ3) is 3.12. The molecule has 28 heavy (non-hydrogen) atoms. The Balaban J connectivity index is 1.82. The summed E-state index contributed by atoms with van der Waals surface area (Å²) in [6.45, 7) is 3.36. The maximum atomic E-state index is 12.2. The van der Waals surface area contributed by atoms with Gasteiger partial charge >= 0.3 is 0 Å². The maximum Gasteiger partial charge on any atom is 0.268 e. The smallest absolute Gasteiger partial charge is 0.268 e. The number of nitrogens with zero attached hydrogens (tertiary/aromatic N) is 4. The number of anilines is 2. The van der Waals surface area contributed by atoms with Crippen LogP contribution < -0.4 is 22.1 Å². The number of halogens is 1. The van der Waals surface area contributed by atoms with E-state index in [1.54, 1.807) is 12.3 Å². The first-order valence-corrected chi connectivity index (χ1v) is 9.28. The Hall–Kier alpha value is -2.91. The molecule has 1 fully saturated rings. The van der Waals surface area contributed by atoms with Crippen LogP contribution in [0.25, 0.3) is 22.0 Å². The molecule has 0 radical (unpaired) electrons. The van der Waals surface area contributed by atoms with Crippen molar-refractivity contribution in [2.75, 3.05) is 23.7 Å². The van der Waals surface area contributed by atoms with Gasteiger partial charge in [-0.2, -0.15) is 10.1 Å². The van der Waals surface area contributed by atoms with Crippen LogP contribution >= 0.6 is 11.6 Å². The second-order valence-electron chi connectivity index (χ2n) is 7.40. The van der Waals surface area contributed by atoms with Gasteiger partial charge < -0.3 is 22.1 Å². The number of carbonyl (C=O) groups is 1. The van der Waals surface area contributed by atoms with Gasteiger partial charge in [-0.05, 0) is 19.8 Å². The Labute approximate surface area is 166 Å². The van der Waals surface area contributed by atoms with Crippen LogP contribution in [-0.4, -0.2) is 44.7 Å². The summed E-state index contributed by atoms with van der Waals surface area (Å²) in [6, 6.07) is 3.58. The van der Waals surface area contributed by atoms with Crippen molar-refractivity contribution in [2.24, 2.45) is 11.5 Å². The number of hydrogen-bond donors (Lipinski definition) is 4. The number of aromatic nitrogens is 4. The van der Waals surface area contributed by atoms with Crippen molar-refractivity contribution in [3.8, 4) is 11.1 Å². The first kappa shape index (κ1) is 18.5. The number of carbonyl (C=O) groups excluding carboxylic acids is 1. The quantitative estimate of drug-likeness (QED) is 0.521. The number of piperidine rings is 1. The van der Waals surface area contributed by atoms with E-state index in [1.807, 2.05) is 17.9 Å². The molecule has 1 amide bonds. The van der Waals surface area contributed by atoms with Crippen molar-refractivity contribution in [1.29, 1.82) is 0 Å². The van der Waals surface area contributed by atoms with Gasteiger partial charge in [0, 0.05) is 29.6 Å². The molecule has 3 heterocycles. The van der Waals surface area contributed by atoms with E-state index in [-0.39, 0.29) is 17.1 Å². The van der Waals surface area contributed by atoms with Crippen LogP contribution in [0.15, 0.2) is 18.3 Å². The highest BCUT2D eigenvalue weighted by atomic mass is 35.5. The number of benzene rings is 1. The zero-order chi connectivity index (χ0) is 20.1. The molecule has 4 rings (SSSR count). The first-order valence-electron chi connectivity index (χ1n) is 8.90. The molecule has 10 heteroatoms. The zero-order valence-electron chi connectivity index (χ0n) is 15.4. The number of hydrogen-bond acceptors (Lipinski definition) is 7. The van der Waals surface area contributed by atoms with E-state index in [9.17, 15) is 4.79 Å². The van der Waals surface area contributed by atoms with Gasteiger partial charge in [0.1, 0.15) is 11.5 Å². The fourth-order valence-electron chi connectivity index (χ4n) is 3.44. The molecule has 9 nitrogen and oxygen atoms in total. The Kier molecular flexibility index (Phi) is 4.35. The lowest BCUT2D eigenvalue weighted by molar-refractivity contribution is 0.0996. The van der Waals surface area contributed by atoms with Crippen molar-refractivity contribution < 1.29 is 4.79 Å². The minimum absolute atomic E-state index is 0.0318. The van der Waals surface area contributed by atoms with Crippen molar-refractivity contribution in [1.82, 2.24) is 20.2 Å². The second kappa shape index (κ2) is 6.61. The fraction of sp³-hybridized carbons (Fsp3) is 0.333. The van der Waals surface area contributed by atoms with E-state index >= 15 is 0 Å². The SMILES string of the molecule is CC1(N)CCN(c2nc(N)c(-c3ccc4cn[nH]c4c3Cl)c(C(N)=O)n2)CC1. The molecule has 7 N–H and O–H groups in total. The molecule has 1 aromatic carbocycles. The number of amides is 1. The van der Waals surface area contributed by atoms with Crippen LogP contribution in [0, 0.1) is 0 Å². The first-order chi connectivity index (χ1) is 13.3. The molecule has 0 spiro atoms. The number of nitrogen functional groups attached to an aromatic ring is 1. The molecule has 0 saturated carbocycles. The second-order valence-corrected chi connectivity index (χ2v) is 7.78. The van der Waals surface area contributed by atoms with Crippen LogP contribution in [0.3, 0.4) is 0 Å². The summed E-state index contributed by atoms with van der Waals surface area (Å²) >= 11 is 6.53. The molecular weight excluding hydrogens is 380 g/mol. The van der Waals surface area contributed by atoms with Crippen LogP contribution in [0.5, 0.6) is 0 Å². The van der Waals surface area contributed by atoms with E-state index in [0.717, 1.165) is 18.2 Å². The van der Waals surface area contributed by atoms with Gasteiger partial charge in [-0.3, -0.25) is 9.89 Å². The molecule has 0 unspecified atom stereocenters. The number of rotatable bonds is 3. The van der Waals surface area contributed by atoms with Gasteiger partial charge in [-0.15, -0.1) is 0 Å². The maximum absolute atomic E-state index is 12.2. The Bertz CT molecular complexity index is 1070. The monoisotopic (exact) mass is 400 g/mol. The summed E-state index contributed by atoms with van der Waals surface area (Å²) in [5, 5.41) is 8.03. The Morgan fingerprint density at radius 2 is 2.00 bits per heavy atom. The van der Waals surface area contributed by atoms with E-state index in [2.05, 4.69) is 20.2 Å². The average Bonchev–Trinajstić information content (AvgIpc) is 3.11. The van der Waals surface area contributed by atoms with Crippen molar-refractivity contribution in [3.05, 3.63) is 29.0 Å². The lowest BCUT2D eigenvalue weighted by atomic mass is 9.91. The largest absolute Gasteiger partial charge is 0.383 e. The lowest BCUT2D eigenvalue weighted by Crippen LogP contribution is -2.48.